The average Bonchev–Trinajstić information content (AvgIpc) is 3.00. The first-order valence-corrected chi connectivity index (χ1v) is 9.27. The Balaban J connectivity index is 0.000000574. The maximum absolute atomic E-state index is 2.56. The molecule has 2 bridgehead atoms. The highest BCUT2D eigenvalue weighted by atomic mass is 32.2. The molecule has 0 aromatic heterocycles. The van der Waals surface area contributed by atoms with Crippen molar-refractivity contribution in [3.63, 3.8) is 0 Å². The molecule has 0 aromatic carbocycles. The first kappa shape index (κ1) is 14.8. The molecule has 8 atom stereocenters. The lowest BCUT2D eigenvalue weighted by Gasteiger charge is -2.41. The van der Waals surface area contributed by atoms with Crippen LogP contribution in [0.5, 0.6) is 0 Å². The van der Waals surface area contributed by atoms with Crippen LogP contribution in [-0.4, -0.2) is 11.0 Å². The van der Waals surface area contributed by atoms with Crippen molar-refractivity contribution in [3.05, 3.63) is 0 Å². The standard InChI is InChI=1S/C15H26S.C2H6/c1-8-5-6-16-15(8)14-11(4)12-7-13(14)10(3)9(12)2;1-2/h8-15H,5-7H2,1-4H3;1-2H3. The van der Waals surface area contributed by atoms with Crippen molar-refractivity contribution in [2.45, 2.75) is 59.6 Å². The van der Waals surface area contributed by atoms with Gasteiger partial charge in [-0.3, -0.25) is 0 Å². The Hall–Kier alpha value is 0.350. The summed E-state index contributed by atoms with van der Waals surface area (Å²) in [5.41, 5.74) is 0. The van der Waals surface area contributed by atoms with E-state index < -0.39 is 0 Å². The molecule has 3 aliphatic rings. The maximum atomic E-state index is 2.56. The van der Waals surface area contributed by atoms with Crippen LogP contribution in [-0.2, 0) is 0 Å². The van der Waals surface area contributed by atoms with Gasteiger partial charge < -0.3 is 0 Å². The Morgan fingerprint density at radius 2 is 1.44 bits per heavy atom. The summed E-state index contributed by atoms with van der Waals surface area (Å²) in [4.78, 5) is 0. The van der Waals surface area contributed by atoms with Crippen LogP contribution in [0.25, 0.3) is 0 Å². The lowest BCUT2D eigenvalue weighted by Crippen LogP contribution is -2.37. The van der Waals surface area contributed by atoms with Gasteiger partial charge >= 0.3 is 0 Å². The molecule has 0 aromatic rings. The van der Waals surface area contributed by atoms with Crippen molar-refractivity contribution in [1.82, 2.24) is 0 Å². The van der Waals surface area contributed by atoms with E-state index >= 15 is 0 Å². The fraction of sp³-hybridized carbons (Fsp3) is 1.00. The molecule has 1 aliphatic heterocycles. The monoisotopic (exact) mass is 268 g/mol. The van der Waals surface area contributed by atoms with Crippen molar-refractivity contribution in [2.75, 3.05) is 5.75 Å². The summed E-state index contributed by atoms with van der Waals surface area (Å²) >= 11 is 2.29. The molecule has 0 amide bonds. The normalized spacial score (nSPS) is 54.3. The van der Waals surface area contributed by atoms with Crippen molar-refractivity contribution in [3.8, 4) is 0 Å². The SMILES string of the molecule is CC.CC1CCSC1C1C(C)C2CC1C(C)C2C. The molecule has 8 unspecified atom stereocenters. The smallest absolute Gasteiger partial charge is 0.0107 e. The molecule has 0 nitrogen and oxygen atoms in total. The lowest BCUT2D eigenvalue weighted by atomic mass is 9.67. The van der Waals surface area contributed by atoms with E-state index in [0.717, 1.165) is 46.7 Å². The Morgan fingerprint density at radius 1 is 0.833 bits per heavy atom. The van der Waals surface area contributed by atoms with Gasteiger partial charge in [-0.2, -0.15) is 11.8 Å². The van der Waals surface area contributed by atoms with E-state index in [1.54, 1.807) is 6.42 Å². The molecule has 0 radical (unpaired) electrons. The van der Waals surface area contributed by atoms with Gasteiger partial charge in [-0.25, -0.2) is 0 Å². The average molecular weight is 269 g/mol. The molecular formula is C17H32S. The summed E-state index contributed by atoms with van der Waals surface area (Å²) in [6, 6.07) is 0. The number of rotatable bonds is 1. The summed E-state index contributed by atoms with van der Waals surface area (Å²) < 4.78 is 0. The Bertz CT molecular complexity index is 275. The topological polar surface area (TPSA) is 0 Å². The molecule has 1 saturated heterocycles. The number of hydrogen-bond donors (Lipinski definition) is 0. The number of hydrogen-bond acceptors (Lipinski definition) is 1. The third-order valence-corrected chi connectivity index (χ3v) is 7.96. The Morgan fingerprint density at radius 3 is 1.94 bits per heavy atom. The summed E-state index contributed by atoms with van der Waals surface area (Å²) in [5.74, 6) is 8.59. The zero-order valence-corrected chi connectivity index (χ0v) is 14.0. The molecule has 0 spiro atoms. The van der Waals surface area contributed by atoms with Gasteiger partial charge in [0.25, 0.3) is 0 Å². The second kappa shape index (κ2) is 5.77. The van der Waals surface area contributed by atoms with Crippen LogP contribution in [0.1, 0.15) is 54.4 Å². The molecule has 3 rings (SSSR count). The molecule has 0 N–H and O–H groups in total. The molecule has 2 aliphatic carbocycles. The van der Waals surface area contributed by atoms with Gasteiger partial charge in [0.05, 0.1) is 0 Å². The molecule has 3 fully saturated rings. The van der Waals surface area contributed by atoms with Gasteiger partial charge in [0.15, 0.2) is 0 Å². The van der Waals surface area contributed by atoms with E-state index in [-0.39, 0.29) is 0 Å². The zero-order chi connectivity index (χ0) is 13.4. The summed E-state index contributed by atoms with van der Waals surface area (Å²) in [6.45, 7) is 14.1. The van der Waals surface area contributed by atoms with Crippen molar-refractivity contribution >= 4 is 11.8 Å². The second-order valence-electron chi connectivity index (χ2n) is 6.82. The summed E-state index contributed by atoms with van der Waals surface area (Å²) in [6.07, 6.45) is 3.03. The molecule has 1 heteroatoms. The minimum atomic E-state index is 0.985. The van der Waals surface area contributed by atoms with Gasteiger partial charge in [0.2, 0.25) is 0 Å². The fourth-order valence-electron chi connectivity index (χ4n) is 5.15. The number of fused-ring (bicyclic) bond motifs is 2. The van der Waals surface area contributed by atoms with Crippen molar-refractivity contribution < 1.29 is 0 Å². The zero-order valence-electron chi connectivity index (χ0n) is 13.1. The van der Waals surface area contributed by atoms with Gasteiger partial charge in [-0.05, 0) is 60.0 Å². The quantitative estimate of drug-likeness (QED) is 0.619. The molecular weight excluding hydrogens is 236 g/mol. The van der Waals surface area contributed by atoms with Crippen LogP contribution in [0.3, 0.4) is 0 Å². The highest BCUT2D eigenvalue weighted by molar-refractivity contribution is 8.00. The van der Waals surface area contributed by atoms with Gasteiger partial charge in [-0.15, -0.1) is 0 Å². The minimum Gasteiger partial charge on any atom is -0.158 e. The van der Waals surface area contributed by atoms with Gasteiger partial charge in [-0.1, -0.05) is 41.5 Å². The van der Waals surface area contributed by atoms with E-state index in [4.69, 9.17) is 0 Å². The van der Waals surface area contributed by atoms with Crippen LogP contribution >= 0.6 is 11.8 Å². The van der Waals surface area contributed by atoms with Crippen LogP contribution < -0.4 is 0 Å². The maximum Gasteiger partial charge on any atom is 0.0107 e. The Kier molecular flexibility index (Phi) is 4.73. The van der Waals surface area contributed by atoms with Gasteiger partial charge in [0.1, 0.15) is 0 Å². The fourth-order valence-corrected chi connectivity index (χ4v) is 7.07. The highest BCUT2D eigenvalue weighted by Crippen LogP contribution is 2.61. The highest BCUT2D eigenvalue weighted by Gasteiger charge is 2.56. The first-order chi connectivity index (χ1) is 8.61. The third-order valence-electron chi connectivity index (χ3n) is 6.32. The first-order valence-electron chi connectivity index (χ1n) is 8.23. The summed E-state index contributed by atoms with van der Waals surface area (Å²) in [5, 5.41) is 1.000. The van der Waals surface area contributed by atoms with Crippen LogP contribution in [0.4, 0.5) is 0 Å². The third kappa shape index (κ3) is 2.15. The van der Waals surface area contributed by atoms with Gasteiger partial charge in [0, 0.05) is 5.25 Å². The van der Waals surface area contributed by atoms with Crippen LogP contribution in [0.15, 0.2) is 0 Å². The molecule has 18 heavy (non-hydrogen) atoms. The van der Waals surface area contributed by atoms with E-state index in [1.165, 1.54) is 12.2 Å². The van der Waals surface area contributed by atoms with Crippen molar-refractivity contribution in [2.24, 2.45) is 41.4 Å². The van der Waals surface area contributed by atoms with Crippen molar-refractivity contribution in [1.29, 1.82) is 0 Å². The molecule has 2 saturated carbocycles. The van der Waals surface area contributed by atoms with E-state index in [0.29, 0.717) is 0 Å². The van der Waals surface area contributed by atoms with Crippen LogP contribution in [0, 0.1) is 41.4 Å². The number of thioether (sulfide) groups is 1. The lowest BCUT2D eigenvalue weighted by molar-refractivity contribution is 0.116. The van der Waals surface area contributed by atoms with Crippen LogP contribution in [0.2, 0.25) is 0 Å². The van der Waals surface area contributed by atoms with E-state index in [2.05, 4.69) is 39.5 Å². The largest absolute Gasteiger partial charge is 0.158 e. The molecule has 1 heterocycles. The minimum absolute atomic E-state index is 0.985. The second-order valence-corrected chi connectivity index (χ2v) is 8.11. The predicted octanol–water partition coefficient (Wildman–Crippen LogP) is 5.33. The van der Waals surface area contributed by atoms with E-state index in [1.807, 2.05) is 13.8 Å². The predicted molar refractivity (Wildman–Crippen MR) is 84.0 cm³/mol. The van der Waals surface area contributed by atoms with E-state index in [9.17, 15) is 0 Å². The summed E-state index contributed by atoms with van der Waals surface area (Å²) in [7, 11) is 0. The molecule has 106 valence electrons. The Labute approximate surface area is 119 Å².